The van der Waals surface area contributed by atoms with Gasteiger partial charge in [-0.25, -0.2) is 4.79 Å². The lowest BCUT2D eigenvalue weighted by molar-refractivity contribution is -0.139. The second-order valence-corrected chi connectivity index (χ2v) is 7.72. The van der Waals surface area contributed by atoms with Crippen molar-refractivity contribution in [1.82, 2.24) is 10.2 Å². The molecule has 8 heteroatoms. The van der Waals surface area contributed by atoms with Gasteiger partial charge in [-0.05, 0) is 59.5 Å². The first-order chi connectivity index (χ1) is 12.5. The minimum absolute atomic E-state index is 0.0947. The highest BCUT2D eigenvalue weighted by Gasteiger charge is 2.37. The van der Waals surface area contributed by atoms with Crippen LogP contribution in [0.15, 0.2) is 11.6 Å². The van der Waals surface area contributed by atoms with Crippen LogP contribution in [0.1, 0.15) is 60.3 Å². The van der Waals surface area contributed by atoms with E-state index >= 15 is 0 Å². The Morgan fingerprint density at radius 1 is 1.30 bits per heavy atom. The molecule has 0 radical (unpaired) electrons. The summed E-state index contributed by atoms with van der Waals surface area (Å²) in [6.07, 6.45) is 2.32. The van der Waals surface area contributed by atoms with E-state index in [0.717, 1.165) is 0 Å². The Hall–Kier alpha value is -2.38. The molecule has 1 rings (SSSR count). The molecule has 8 nitrogen and oxygen atoms in total. The van der Waals surface area contributed by atoms with Crippen LogP contribution in [0.2, 0.25) is 0 Å². The fraction of sp³-hybridized carbons (Fsp3) is 0.684. The molecule has 1 fully saturated rings. The first-order valence-electron chi connectivity index (χ1n) is 9.21. The number of nitrogens with zero attached hydrogens (tertiary/aromatic N) is 1. The predicted octanol–water partition coefficient (Wildman–Crippen LogP) is 1.67. The number of hydrogen-bond acceptors (Lipinski definition) is 5. The first kappa shape index (κ1) is 22.7. The Balaban J connectivity index is 2.91. The van der Waals surface area contributed by atoms with Gasteiger partial charge in [0.1, 0.15) is 17.7 Å². The van der Waals surface area contributed by atoms with Crippen molar-refractivity contribution in [3.63, 3.8) is 0 Å². The molecule has 0 bridgehead atoms. The molecule has 3 amide bonds. The zero-order chi connectivity index (χ0) is 20.8. The maximum Gasteiger partial charge on any atom is 0.408 e. The molecule has 0 aromatic rings. The van der Waals surface area contributed by atoms with Gasteiger partial charge < -0.3 is 20.7 Å². The molecule has 1 saturated heterocycles. The molecular formula is C19H31N3O5. The van der Waals surface area contributed by atoms with E-state index in [1.54, 1.807) is 40.7 Å². The van der Waals surface area contributed by atoms with Crippen molar-refractivity contribution in [3.8, 4) is 0 Å². The predicted molar refractivity (Wildman–Crippen MR) is 101 cm³/mol. The lowest BCUT2D eigenvalue weighted by Crippen LogP contribution is -2.53. The SMILES string of the molecule is C/C=C(\C)C(=O)CC[C@H](NC(=O)OC(C)(C)C)C(=O)N1CCCC1C(N)=O. The van der Waals surface area contributed by atoms with Gasteiger partial charge in [0.25, 0.3) is 0 Å². The maximum atomic E-state index is 12.9. The number of primary amides is 1. The third-order valence-corrected chi connectivity index (χ3v) is 4.39. The molecule has 1 aliphatic rings. The minimum atomic E-state index is -0.964. The molecule has 1 heterocycles. The van der Waals surface area contributed by atoms with Crippen molar-refractivity contribution in [2.75, 3.05) is 6.54 Å². The number of ether oxygens (including phenoxy) is 1. The topological polar surface area (TPSA) is 119 Å². The number of nitrogens with one attached hydrogen (secondary N) is 1. The third-order valence-electron chi connectivity index (χ3n) is 4.39. The van der Waals surface area contributed by atoms with Crippen LogP contribution >= 0.6 is 0 Å². The summed E-state index contributed by atoms with van der Waals surface area (Å²) in [6.45, 7) is 8.99. The molecule has 2 atom stereocenters. The number of rotatable bonds is 7. The van der Waals surface area contributed by atoms with E-state index in [4.69, 9.17) is 10.5 Å². The average Bonchev–Trinajstić information content (AvgIpc) is 3.05. The van der Waals surface area contributed by atoms with E-state index < -0.39 is 35.6 Å². The number of carbonyl (C=O) groups is 4. The van der Waals surface area contributed by atoms with E-state index in [9.17, 15) is 19.2 Å². The molecule has 0 spiro atoms. The van der Waals surface area contributed by atoms with Gasteiger partial charge in [0, 0.05) is 13.0 Å². The summed E-state index contributed by atoms with van der Waals surface area (Å²) in [7, 11) is 0. The number of Topliss-reactive ketones (excluding diaryl/α,β-unsaturated/α-hetero) is 1. The molecule has 1 unspecified atom stereocenters. The van der Waals surface area contributed by atoms with Crippen LogP contribution in [0.3, 0.4) is 0 Å². The van der Waals surface area contributed by atoms with Crippen molar-refractivity contribution < 1.29 is 23.9 Å². The highest BCUT2D eigenvalue weighted by Crippen LogP contribution is 2.20. The number of nitrogens with two attached hydrogens (primary N) is 1. The molecule has 1 aliphatic heterocycles. The summed E-state index contributed by atoms with van der Waals surface area (Å²) < 4.78 is 5.22. The van der Waals surface area contributed by atoms with Crippen LogP contribution in [-0.2, 0) is 19.1 Å². The van der Waals surface area contributed by atoms with Crippen LogP contribution in [0.4, 0.5) is 4.79 Å². The van der Waals surface area contributed by atoms with E-state index in [2.05, 4.69) is 5.32 Å². The van der Waals surface area contributed by atoms with Gasteiger partial charge in [-0.3, -0.25) is 14.4 Å². The number of carbonyl (C=O) groups excluding carboxylic acids is 4. The number of amides is 3. The summed E-state index contributed by atoms with van der Waals surface area (Å²) in [5, 5.41) is 2.55. The molecule has 0 aliphatic carbocycles. The summed E-state index contributed by atoms with van der Waals surface area (Å²) in [6, 6.07) is -1.65. The number of hydrogen-bond donors (Lipinski definition) is 2. The van der Waals surface area contributed by atoms with Crippen LogP contribution in [0, 0.1) is 0 Å². The number of likely N-dealkylation sites (tertiary alicyclic amines) is 1. The number of ketones is 1. The smallest absolute Gasteiger partial charge is 0.408 e. The maximum absolute atomic E-state index is 12.9. The second kappa shape index (κ2) is 9.53. The van der Waals surface area contributed by atoms with Gasteiger partial charge >= 0.3 is 6.09 Å². The van der Waals surface area contributed by atoms with Crippen LogP contribution in [0.5, 0.6) is 0 Å². The summed E-state index contributed by atoms with van der Waals surface area (Å²) in [4.78, 5) is 50.2. The van der Waals surface area contributed by atoms with E-state index in [0.29, 0.717) is 25.0 Å². The molecule has 3 N–H and O–H groups in total. The fourth-order valence-electron chi connectivity index (χ4n) is 2.87. The fourth-order valence-corrected chi connectivity index (χ4v) is 2.87. The first-order valence-corrected chi connectivity index (χ1v) is 9.21. The van der Waals surface area contributed by atoms with Crippen LogP contribution in [0.25, 0.3) is 0 Å². The molecular weight excluding hydrogens is 350 g/mol. The molecule has 0 saturated carbocycles. The summed E-state index contributed by atoms with van der Waals surface area (Å²) >= 11 is 0. The summed E-state index contributed by atoms with van der Waals surface area (Å²) in [5.41, 5.74) is 5.25. The van der Waals surface area contributed by atoms with E-state index in [1.165, 1.54) is 4.90 Å². The third kappa shape index (κ3) is 7.03. The molecule has 0 aromatic carbocycles. The molecule has 27 heavy (non-hydrogen) atoms. The van der Waals surface area contributed by atoms with E-state index in [-0.39, 0.29) is 18.6 Å². The largest absolute Gasteiger partial charge is 0.444 e. The number of allylic oxidation sites excluding steroid dienone is 2. The Morgan fingerprint density at radius 3 is 2.44 bits per heavy atom. The normalized spacial score (nSPS) is 18.8. The van der Waals surface area contributed by atoms with Crippen molar-refractivity contribution >= 4 is 23.7 Å². The van der Waals surface area contributed by atoms with Crippen LogP contribution in [-0.4, -0.2) is 52.8 Å². The van der Waals surface area contributed by atoms with Gasteiger partial charge in [-0.2, -0.15) is 0 Å². The average molecular weight is 381 g/mol. The van der Waals surface area contributed by atoms with Crippen molar-refractivity contribution in [3.05, 3.63) is 11.6 Å². The zero-order valence-corrected chi connectivity index (χ0v) is 16.8. The quantitative estimate of drug-likeness (QED) is 0.650. The summed E-state index contributed by atoms with van der Waals surface area (Å²) in [5.74, 6) is -1.10. The Bertz CT molecular complexity index is 621. The monoisotopic (exact) mass is 381 g/mol. The van der Waals surface area contributed by atoms with Gasteiger partial charge in [0.2, 0.25) is 11.8 Å². The Morgan fingerprint density at radius 2 is 1.93 bits per heavy atom. The number of alkyl carbamates (subject to hydrolysis) is 1. The van der Waals surface area contributed by atoms with Gasteiger partial charge in [0.05, 0.1) is 0 Å². The Kier molecular flexibility index (Phi) is 7.99. The molecule has 0 aromatic heterocycles. The van der Waals surface area contributed by atoms with Gasteiger partial charge in [0.15, 0.2) is 5.78 Å². The molecule has 152 valence electrons. The standard InChI is InChI=1S/C19H31N3O5/c1-6-12(2)15(23)10-9-13(21-18(26)27-19(3,4)5)17(25)22-11-7-8-14(22)16(20)24/h6,13-14H,7-11H2,1-5H3,(H2,20,24)(H,21,26)/b12-6+/t13-,14?/m0/s1. The van der Waals surface area contributed by atoms with Crippen LogP contribution < -0.4 is 11.1 Å². The van der Waals surface area contributed by atoms with Crippen molar-refractivity contribution in [1.29, 1.82) is 0 Å². The second-order valence-electron chi connectivity index (χ2n) is 7.72. The van der Waals surface area contributed by atoms with Crippen molar-refractivity contribution in [2.24, 2.45) is 5.73 Å². The van der Waals surface area contributed by atoms with E-state index in [1.807, 2.05) is 0 Å². The van der Waals surface area contributed by atoms with Gasteiger partial charge in [-0.1, -0.05) is 6.08 Å². The zero-order valence-electron chi connectivity index (χ0n) is 16.8. The minimum Gasteiger partial charge on any atom is -0.444 e. The lowest BCUT2D eigenvalue weighted by atomic mass is 10.0. The highest BCUT2D eigenvalue weighted by atomic mass is 16.6. The highest BCUT2D eigenvalue weighted by molar-refractivity contribution is 5.96. The van der Waals surface area contributed by atoms with Gasteiger partial charge in [-0.15, -0.1) is 0 Å². The Labute approximate surface area is 160 Å². The lowest BCUT2D eigenvalue weighted by Gasteiger charge is -2.28. The van der Waals surface area contributed by atoms with Crippen molar-refractivity contribution in [2.45, 2.75) is 78.0 Å².